The first-order chi connectivity index (χ1) is 9.77. The minimum atomic E-state index is -4.38. The van der Waals surface area contributed by atoms with Crippen molar-refractivity contribution in [3.8, 4) is 0 Å². The molecule has 0 amide bonds. The molecule has 0 radical (unpaired) electrons. The molecule has 0 aliphatic heterocycles. The molecule has 0 spiro atoms. The average molecular weight is 423 g/mol. The van der Waals surface area contributed by atoms with Gasteiger partial charge in [0, 0.05) is 20.7 Å². The summed E-state index contributed by atoms with van der Waals surface area (Å²) in [6.45, 7) is 1.90. The van der Waals surface area contributed by atoms with Gasteiger partial charge in [-0.2, -0.15) is 13.2 Å². The molecule has 2 rings (SSSR count). The van der Waals surface area contributed by atoms with Crippen molar-refractivity contribution in [2.45, 2.75) is 19.1 Å². The van der Waals surface area contributed by atoms with Gasteiger partial charge in [0.15, 0.2) is 0 Å². The van der Waals surface area contributed by atoms with Crippen LogP contribution in [-0.4, -0.2) is 0 Å². The lowest BCUT2D eigenvalue weighted by molar-refractivity contribution is -0.138. The summed E-state index contributed by atoms with van der Waals surface area (Å²) in [5, 5.41) is 3.08. The van der Waals surface area contributed by atoms with Crippen LogP contribution in [0.2, 0.25) is 0 Å². The number of rotatable bonds is 3. The number of halogens is 5. The molecule has 0 fully saturated rings. The molecule has 0 aliphatic carbocycles. The molecule has 0 aromatic heterocycles. The second-order valence-electron chi connectivity index (χ2n) is 4.61. The van der Waals surface area contributed by atoms with Crippen LogP contribution < -0.4 is 5.32 Å². The lowest BCUT2D eigenvalue weighted by atomic mass is 10.1. The number of nitrogens with one attached hydrogen (secondary N) is 1. The van der Waals surface area contributed by atoms with Gasteiger partial charge in [0.1, 0.15) is 0 Å². The Hall–Kier alpha value is -1.01. The molecule has 112 valence electrons. The molecule has 1 atom stereocenters. The largest absolute Gasteiger partial charge is 0.417 e. The van der Waals surface area contributed by atoms with E-state index in [1.54, 1.807) is 6.07 Å². The fourth-order valence-corrected chi connectivity index (χ4v) is 2.83. The van der Waals surface area contributed by atoms with Crippen LogP contribution in [-0.2, 0) is 6.18 Å². The van der Waals surface area contributed by atoms with Gasteiger partial charge >= 0.3 is 6.18 Å². The first kappa shape index (κ1) is 16.4. The van der Waals surface area contributed by atoms with Crippen molar-refractivity contribution in [3.05, 3.63) is 62.5 Å². The van der Waals surface area contributed by atoms with Crippen LogP contribution in [0.25, 0.3) is 0 Å². The molecule has 1 nitrogen and oxygen atoms in total. The fourth-order valence-electron chi connectivity index (χ4n) is 1.94. The van der Waals surface area contributed by atoms with Gasteiger partial charge in [-0.3, -0.25) is 0 Å². The maximum absolute atomic E-state index is 12.9. The number of anilines is 1. The number of benzene rings is 2. The first-order valence-electron chi connectivity index (χ1n) is 6.16. The third-order valence-electron chi connectivity index (χ3n) is 3.00. The monoisotopic (exact) mass is 421 g/mol. The second kappa shape index (κ2) is 6.40. The number of hydrogen-bond acceptors (Lipinski definition) is 1. The Morgan fingerprint density at radius 2 is 1.76 bits per heavy atom. The Kier molecular flexibility index (Phi) is 4.99. The topological polar surface area (TPSA) is 12.0 Å². The summed E-state index contributed by atoms with van der Waals surface area (Å²) in [5.74, 6) is 0. The third kappa shape index (κ3) is 4.23. The van der Waals surface area contributed by atoms with Gasteiger partial charge in [-0.1, -0.05) is 44.0 Å². The summed E-state index contributed by atoms with van der Waals surface area (Å²) in [4.78, 5) is 0. The van der Waals surface area contributed by atoms with Crippen LogP contribution in [0.1, 0.15) is 24.1 Å². The van der Waals surface area contributed by atoms with Crippen molar-refractivity contribution in [3.63, 3.8) is 0 Å². The van der Waals surface area contributed by atoms with Crippen molar-refractivity contribution in [1.82, 2.24) is 0 Å². The van der Waals surface area contributed by atoms with E-state index >= 15 is 0 Å². The Morgan fingerprint density at radius 1 is 1.05 bits per heavy atom. The highest BCUT2D eigenvalue weighted by Gasteiger charge is 2.33. The molecule has 0 heterocycles. The predicted octanol–water partition coefficient (Wildman–Crippen LogP) is 6.40. The molecular weight excluding hydrogens is 411 g/mol. The van der Waals surface area contributed by atoms with Crippen LogP contribution in [0.15, 0.2) is 51.4 Å². The summed E-state index contributed by atoms with van der Waals surface area (Å²) >= 11 is 6.31. The normalized spacial score (nSPS) is 13.0. The first-order valence-corrected chi connectivity index (χ1v) is 7.75. The standard InChI is InChI=1S/C15H12Br2F3N/c1-9(10-3-2-4-11(16)7-10)21-12-5-6-14(17)13(8-12)15(18,19)20/h2-9,21H,1H3. The van der Waals surface area contributed by atoms with Gasteiger partial charge in [0.25, 0.3) is 0 Å². The Morgan fingerprint density at radius 3 is 2.38 bits per heavy atom. The van der Waals surface area contributed by atoms with Crippen LogP contribution in [0.4, 0.5) is 18.9 Å². The van der Waals surface area contributed by atoms with Gasteiger partial charge in [-0.25, -0.2) is 0 Å². The van der Waals surface area contributed by atoms with Crippen molar-refractivity contribution < 1.29 is 13.2 Å². The average Bonchev–Trinajstić information content (AvgIpc) is 2.39. The van der Waals surface area contributed by atoms with E-state index in [9.17, 15) is 13.2 Å². The zero-order valence-electron chi connectivity index (χ0n) is 11.0. The fraction of sp³-hybridized carbons (Fsp3) is 0.200. The summed E-state index contributed by atoms with van der Waals surface area (Å²) < 4.78 is 39.6. The summed E-state index contributed by atoms with van der Waals surface area (Å²) in [6.07, 6.45) is -4.38. The minimum absolute atomic E-state index is 0.0376. The van der Waals surface area contributed by atoms with E-state index in [2.05, 4.69) is 37.2 Å². The third-order valence-corrected chi connectivity index (χ3v) is 4.19. The lowest BCUT2D eigenvalue weighted by Gasteiger charge is -2.18. The van der Waals surface area contributed by atoms with Gasteiger partial charge in [-0.15, -0.1) is 0 Å². The van der Waals surface area contributed by atoms with Crippen LogP contribution in [0, 0.1) is 0 Å². The van der Waals surface area contributed by atoms with Crippen molar-refractivity contribution in [1.29, 1.82) is 0 Å². The van der Waals surface area contributed by atoms with E-state index < -0.39 is 11.7 Å². The highest BCUT2D eigenvalue weighted by atomic mass is 79.9. The molecule has 1 unspecified atom stereocenters. The molecule has 2 aromatic carbocycles. The molecule has 2 aromatic rings. The molecular formula is C15H12Br2F3N. The predicted molar refractivity (Wildman–Crippen MR) is 85.3 cm³/mol. The summed E-state index contributed by atoms with van der Waals surface area (Å²) in [7, 11) is 0. The van der Waals surface area contributed by atoms with E-state index in [1.165, 1.54) is 6.07 Å². The van der Waals surface area contributed by atoms with Crippen molar-refractivity contribution in [2.75, 3.05) is 5.32 Å². The molecule has 0 aliphatic rings. The Bertz CT molecular complexity index is 641. The SMILES string of the molecule is CC(Nc1ccc(Br)c(C(F)(F)F)c1)c1cccc(Br)c1. The lowest BCUT2D eigenvalue weighted by Crippen LogP contribution is -2.10. The molecule has 21 heavy (non-hydrogen) atoms. The smallest absolute Gasteiger partial charge is 0.379 e. The molecule has 0 saturated heterocycles. The van der Waals surface area contributed by atoms with Gasteiger partial charge in [0.05, 0.1) is 5.56 Å². The zero-order valence-corrected chi connectivity index (χ0v) is 14.2. The van der Waals surface area contributed by atoms with Gasteiger partial charge < -0.3 is 5.32 Å². The van der Waals surface area contributed by atoms with E-state index in [-0.39, 0.29) is 10.5 Å². The van der Waals surface area contributed by atoms with E-state index in [0.717, 1.165) is 16.1 Å². The van der Waals surface area contributed by atoms with Gasteiger partial charge in [0.2, 0.25) is 0 Å². The highest BCUT2D eigenvalue weighted by Crippen LogP contribution is 2.37. The van der Waals surface area contributed by atoms with E-state index in [1.807, 2.05) is 31.2 Å². The number of alkyl halides is 3. The molecule has 6 heteroatoms. The summed E-state index contributed by atoms with van der Waals surface area (Å²) in [5.41, 5.74) is 0.729. The quantitative estimate of drug-likeness (QED) is 0.603. The number of hydrogen-bond donors (Lipinski definition) is 1. The molecule has 1 N–H and O–H groups in total. The van der Waals surface area contributed by atoms with Gasteiger partial charge in [-0.05, 0) is 42.8 Å². The van der Waals surface area contributed by atoms with E-state index in [0.29, 0.717) is 5.69 Å². The second-order valence-corrected chi connectivity index (χ2v) is 6.38. The van der Waals surface area contributed by atoms with E-state index in [4.69, 9.17) is 0 Å². The molecule has 0 saturated carbocycles. The maximum atomic E-state index is 12.9. The van der Waals surface area contributed by atoms with Crippen LogP contribution in [0.3, 0.4) is 0 Å². The Labute approximate surface area is 137 Å². The van der Waals surface area contributed by atoms with Crippen LogP contribution in [0.5, 0.6) is 0 Å². The Balaban J connectivity index is 2.24. The van der Waals surface area contributed by atoms with Crippen LogP contribution >= 0.6 is 31.9 Å². The summed E-state index contributed by atoms with van der Waals surface area (Å²) in [6, 6.07) is 11.7. The zero-order chi connectivity index (χ0) is 15.6. The molecule has 0 bridgehead atoms. The minimum Gasteiger partial charge on any atom is -0.379 e. The maximum Gasteiger partial charge on any atom is 0.417 e. The highest BCUT2D eigenvalue weighted by molar-refractivity contribution is 9.10. The van der Waals surface area contributed by atoms with Crippen molar-refractivity contribution in [2.24, 2.45) is 0 Å². The van der Waals surface area contributed by atoms with Crippen molar-refractivity contribution >= 4 is 37.5 Å².